The molecule has 0 saturated carbocycles. The van der Waals surface area contributed by atoms with E-state index in [9.17, 15) is 18.0 Å². The number of hydrogen-bond acceptors (Lipinski definition) is 5. The summed E-state index contributed by atoms with van der Waals surface area (Å²) < 4.78 is 46.7. The zero-order valence-electron chi connectivity index (χ0n) is 15.6. The monoisotopic (exact) mass is 432 g/mol. The fraction of sp³-hybridized carbons (Fsp3) is 0.150. The molecule has 0 aliphatic carbocycles. The highest BCUT2D eigenvalue weighted by Gasteiger charge is 2.23. The lowest BCUT2D eigenvalue weighted by atomic mass is 10.3. The quantitative estimate of drug-likeness (QED) is 0.465. The van der Waals surface area contributed by atoms with Crippen molar-refractivity contribution in [3.05, 3.63) is 60.0 Å². The summed E-state index contributed by atoms with van der Waals surface area (Å²) in [6.45, 7) is -1.49. The summed E-state index contributed by atoms with van der Waals surface area (Å²) >= 11 is 1.04. The highest BCUT2D eigenvalue weighted by molar-refractivity contribution is 7.19. The predicted octanol–water partition coefficient (Wildman–Crippen LogP) is 5.02. The van der Waals surface area contributed by atoms with Gasteiger partial charge in [-0.15, -0.1) is 0 Å². The summed E-state index contributed by atoms with van der Waals surface area (Å²) in [6, 6.07) is 12.0. The number of ether oxygens (including phenoxy) is 1. The van der Waals surface area contributed by atoms with Crippen LogP contribution >= 0.6 is 11.3 Å². The maximum absolute atomic E-state index is 13.7. The summed E-state index contributed by atoms with van der Waals surface area (Å²) in [4.78, 5) is 21.1. The van der Waals surface area contributed by atoms with Gasteiger partial charge in [-0.05, 0) is 31.2 Å². The number of thiazole rings is 1. The Bertz CT molecular complexity index is 1220. The lowest BCUT2D eigenvalue weighted by molar-refractivity contribution is -0.118. The Morgan fingerprint density at radius 3 is 2.77 bits per heavy atom. The minimum Gasteiger partial charge on any atom is -0.484 e. The summed E-state index contributed by atoms with van der Waals surface area (Å²) in [7, 11) is 0. The topological polar surface area (TPSA) is 69.0 Å². The van der Waals surface area contributed by atoms with Crippen LogP contribution in [0.1, 0.15) is 12.2 Å². The molecule has 0 atom stereocenters. The normalized spacial score (nSPS) is 11.2. The van der Waals surface area contributed by atoms with Gasteiger partial charge in [-0.3, -0.25) is 14.7 Å². The molecule has 6 nitrogen and oxygen atoms in total. The maximum Gasteiger partial charge on any atom is 0.320 e. The average molecular weight is 432 g/mol. The van der Waals surface area contributed by atoms with E-state index in [1.165, 1.54) is 18.2 Å². The average Bonchev–Trinajstić information content (AvgIpc) is 3.26. The molecule has 0 bridgehead atoms. The van der Waals surface area contributed by atoms with Crippen LogP contribution in [-0.4, -0.2) is 27.0 Å². The summed E-state index contributed by atoms with van der Waals surface area (Å²) in [6.07, 6.45) is 0. The van der Waals surface area contributed by atoms with Gasteiger partial charge < -0.3 is 4.74 Å². The van der Waals surface area contributed by atoms with Crippen LogP contribution in [0.15, 0.2) is 48.5 Å². The van der Waals surface area contributed by atoms with Crippen molar-refractivity contribution < 1.29 is 22.7 Å². The van der Waals surface area contributed by atoms with Crippen molar-refractivity contribution in [1.29, 1.82) is 0 Å². The third-order valence-electron chi connectivity index (χ3n) is 4.20. The van der Waals surface area contributed by atoms with Gasteiger partial charge in [0.25, 0.3) is 5.91 Å². The van der Waals surface area contributed by atoms with Gasteiger partial charge in [-0.2, -0.15) is 8.78 Å². The summed E-state index contributed by atoms with van der Waals surface area (Å²) in [5, 5.41) is 2.79. The molecule has 0 spiro atoms. The molecule has 30 heavy (non-hydrogen) atoms. The van der Waals surface area contributed by atoms with Gasteiger partial charge >= 0.3 is 6.55 Å². The Kier molecular flexibility index (Phi) is 5.40. The third-order valence-corrected chi connectivity index (χ3v) is 5.27. The highest BCUT2D eigenvalue weighted by atomic mass is 32.1. The van der Waals surface area contributed by atoms with Gasteiger partial charge in [-0.25, -0.2) is 14.4 Å². The number of benzene rings is 2. The molecule has 154 valence electrons. The molecule has 4 rings (SSSR count). The zero-order chi connectivity index (χ0) is 21.3. The van der Waals surface area contributed by atoms with Crippen LogP contribution in [0.2, 0.25) is 0 Å². The van der Waals surface area contributed by atoms with Gasteiger partial charge in [0, 0.05) is 6.07 Å². The van der Waals surface area contributed by atoms with E-state index in [-0.39, 0.29) is 23.3 Å². The van der Waals surface area contributed by atoms with E-state index in [4.69, 9.17) is 4.74 Å². The number of anilines is 1. The van der Waals surface area contributed by atoms with E-state index in [1.54, 1.807) is 31.2 Å². The van der Waals surface area contributed by atoms with Gasteiger partial charge in [-0.1, -0.05) is 29.5 Å². The van der Waals surface area contributed by atoms with Crippen LogP contribution in [0.25, 0.3) is 21.7 Å². The number of imidazole rings is 1. The van der Waals surface area contributed by atoms with Gasteiger partial charge in [0.15, 0.2) is 17.6 Å². The molecule has 2 aromatic carbocycles. The number of para-hydroxylation sites is 2. The van der Waals surface area contributed by atoms with Crippen molar-refractivity contribution >= 4 is 33.4 Å². The smallest absolute Gasteiger partial charge is 0.320 e. The van der Waals surface area contributed by atoms with Crippen LogP contribution in [-0.2, 0) is 4.79 Å². The van der Waals surface area contributed by atoms with Crippen LogP contribution in [0.5, 0.6) is 5.75 Å². The molecule has 2 aromatic heterocycles. The minimum absolute atomic E-state index is 0.0812. The first-order chi connectivity index (χ1) is 14.4. The molecule has 10 heteroatoms. The fourth-order valence-electron chi connectivity index (χ4n) is 2.92. The molecule has 0 fully saturated rings. The Hall–Kier alpha value is -3.40. The highest BCUT2D eigenvalue weighted by Crippen LogP contribution is 2.36. The molecule has 1 N–H and O–H groups in total. The minimum atomic E-state index is -2.79. The largest absolute Gasteiger partial charge is 0.484 e. The van der Waals surface area contributed by atoms with Crippen LogP contribution in [0.4, 0.5) is 18.3 Å². The van der Waals surface area contributed by atoms with E-state index in [2.05, 4.69) is 15.3 Å². The molecular formula is C20H15F3N4O2S. The van der Waals surface area contributed by atoms with Crippen molar-refractivity contribution in [3.8, 4) is 16.5 Å². The molecule has 0 aliphatic rings. The van der Waals surface area contributed by atoms with Crippen LogP contribution < -0.4 is 10.1 Å². The second-order valence-corrected chi connectivity index (χ2v) is 7.30. The van der Waals surface area contributed by atoms with E-state index in [0.29, 0.717) is 21.6 Å². The fourth-order valence-corrected chi connectivity index (χ4v) is 3.89. The number of hydrogen-bond donors (Lipinski definition) is 1. The Labute approximate surface area is 173 Å². The van der Waals surface area contributed by atoms with Crippen molar-refractivity contribution in [2.45, 2.75) is 13.5 Å². The zero-order valence-corrected chi connectivity index (χ0v) is 16.4. The number of aryl methyl sites for hydroxylation is 1. The number of amides is 1. The van der Waals surface area contributed by atoms with Gasteiger partial charge in [0.2, 0.25) is 0 Å². The van der Waals surface area contributed by atoms with E-state index < -0.39 is 18.3 Å². The number of nitrogens with one attached hydrogen (secondary N) is 1. The first kappa shape index (κ1) is 19.9. The standard InChI is InChI=1S/C20H15F3N4O2S/c1-11-17(18-25-14-7-2-3-8-15(14)27(18)19(22)23)30-20(24-11)26-16(28)10-29-13-6-4-5-12(21)9-13/h2-9,19H,10H2,1H3,(H,24,26,28). The molecule has 0 saturated heterocycles. The summed E-state index contributed by atoms with van der Waals surface area (Å²) in [5.74, 6) is -0.693. The lowest BCUT2D eigenvalue weighted by Crippen LogP contribution is -2.20. The van der Waals surface area contributed by atoms with Crippen molar-refractivity contribution in [3.63, 3.8) is 0 Å². The van der Waals surface area contributed by atoms with Crippen molar-refractivity contribution in [2.75, 3.05) is 11.9 Å². The van der Waals surface area contributed by atoms with Gasteiger partial charge in [0.1, 0.15) is 11.6 Å². The molecule has 0 unspecified atom stereocenters. The number of rotatable bonds is 6. The Balaban J connectivity index is 1.54. The maximum atomic E-state index is 13.7. The number of fused-ring (bicyclic) bond motifs is 1. The number of carbonyl (C=O) groups excluding carboxylic acids is 1. The molecule has 0 aliphatic heterocycles. The van der Waals surface area contributed by atoms with Crippen LogP contribution in [0.3, 0.4) is 0 Å². The van der Waals surface area contributed by atoms with E-state index >= 15 is 0 Å². The second-order valence-electron chi connectivity index (χ2n) is 6.30. The van der Waals surface area contributed by atoms with E-state index in [1.807, 2.05) is 0 Å². The number of alkyl halides is 2. The Morgan fingerprint density at radius 1 is 1.20 bits per heavy atom. The number of halogens is 3. The first-order valence-corrected chi connectivity index (χ1v) is 9.65. The number of aromatic nitrogens is 3. The lowest BCUT2D eigenvalue weighted by Gasteiger charge is -2.06. The van der Waals surface area contributed by atoms with Crippen molar-refractivity contribution in [2.24, 2.45) is 0 Å². The Morgan fingerprint density at radius 2 is 2.00 bits per heavy atom. The first-order valence-electron chi connectivity index (χ1n) is 8.83. The second kappa shape index (κ2) is 8.15. The molecule has 2 heterocycles. The molecule has 0 radical (unpaired) electrons. The van der Waals surface area contributed by atoms with Crippen LogP contribution in [0, 0.1) is 12.7 Å². The molecular weight excluding hydrogens is 417 g/mol. The third kappa shape index (κ3) is 3.99. The SMILES string of the molecule is Cc1nc(NC(=O)COc2cccc(F)c2)sc1-c1nc2ccccc2n1C(F)F. The molecule has 4 aromatic rings. The number of nitrogens with zero attached hydrogens (tertiary/aromatic N) is 3. The predicted molar refractivity (Wildman–Crippen MR) is 107 cm³/mol. The summed E-state index contributed by atoms with van der Waals surface area (Å²) in [5.41, 5.74) is 1.21. The van der Waals surface area contributed by atoms with E-state index in [0.717, 1.165) is 22.0 Å². The number of carbonyl (C=O) groups is 1. The van der Waals surface area contributed by atoms with Gasteiger partial charge in [0.05, 0.1) is 21.6 Å². The molecule has 1 amide bonds. The van der Waals surface area contributed by atoms with Crippen molar-refractivity contribution in [1.82, 2.24) is 14.5 Å².